The van der Waals surface area contributed by atoms with Crippen molar-refractivity contribution in [3.05, 3.63) is 118 Å². The monoisotopic (exact) mass is 308 g/mol. The van der Waals surface area contributed by atoms with E-state index < -0.39 is 0 Å². The third kappa shape index (κ3) is 4.03. The van der Waals surface area contributed by atoms with Gasteiger partial charge in [0.05, 0.1) is 0 Å². The number of rotatable bonds is 3. The Bertz CT molecular complexity index is 898. The van der Waals surface area contributed by atoms with Crippen molar-refractivity contribution in [1.29, 1.82) is 0 Å². The summed E-state index contributed by atoms with van der Waals surface area (Å²) in [6, 6.07) is 27.2. The van der Waals surface area contributed by atoms with Crippen LogP contribution in [0, 0.1) is 13.8 Å². The lowest BCUT2D eigenvalue weighted by Crippen LogP contribution is -1.89. The zero-order chi connectivity index (χ0) is 16.8. The Labute approximate surface area is 144 Å². The second kappa shape index (κ2) is 7.49. The normalized spacial score (nSPS) is 9.75. The predicted molar refractivity (Wildman–Crippen MR) is 103 cm³/mol. The molecule has 0 atom stereocenters. The number of aryl methyl sites for hydroxylation is 2. The van der Waals surface area contributed by atoms with E-state index >= 15 is 0 Å². The Balaban J connectivity index is 2.16. The molecule has 0 aromatic heterocycles. The molecule has 0 radical (unpaired) electrons. The van der Waals surface area contributed by atoms with E-state index in [1.54, 1.807) is 0 Å². The van der Waals surface area contributed by atoms with Crippen molar-refractivity contribution in [2.75, 3.05) is 0 Å². The third-order valence-corrected chi connectivity index (χ3v) is 3.81. The van der Waals surface area contributed by atoms with Crippen molar-refractivity contribution in [3.63, 3.8) is 0 Å². The predicted octanol–water partition coefficient (Wildman–Crippen LogP) is 6.20. The van der Waals surface area contributed by atoms with Gasteiger partial charge in [0, 0.05) is 5.57 Å². The summed E-state index contributed by atoms with van der Waals surface area (Å²) in [7, 11) is 0. The SMILES string of the molecule is Cc1cc(C)cc(C(=C=C=Cc2ccccc2)c2ccccc2)c1. The van der Waals surface area contributed by atoms with E-state index in [1.807, 2.05) is 30.3 Å². The summed E-state index contributed by atoms with van der Waals surface area (Å²) in [6.45, 7) is 4.26. The number of benzene rings is 3. The number of hydrogen-bond acceptors (Lipinski definition) is 0. The lowest BCUT2D eigenvalue weighted by Gasteiger charge is -2.08. The van der Waals surface area contributed by atoms with Gasteiger partial charge in [-0.15, -0.1) is 0 Å². The molecule has 0 fully saturated rings. The van der Waals surface area contributed by atoms with E-state index in [2.05, 4.69) is 79.9 Å². The topological polar surface area (TPSA) is 0 Å². The molecule has 3 rings (SSSR count). The molecule has 0 heteroatoms. The van der Waals surface area contributed by atoms with Gasteiger partial charge in [0.15, 0.2) is 0 Å². The Morgan fingerprint density at radius 3 is 1.92 bits per heavy atom. The molecular formula is C24H20. The van der Waals surface area contributed by atoms with Gasteiger partial charge in [-0.1, -0.05) is 101 Å². The van der Waals surface area contributed by atoms with Crippen LogP contribution >= 0.6 is 0 Å². The van der Waals surface area contributed by atoms with Crippen molar-refractivity contribution < 1.29 is 0 Å². The lowest BCUT2D eigenvalue weighted by molar-refractivity contribution is 1.36. The first-order valence-electron chi connectivity index (χ1n) is 8.13. The van der Waals surface area contributed by atoms with Crippen LogP contribution in [-0.2, 0) is 0 Å². The molecule has 3 aromatic carbocycles. The van der Waals surface area contributed by atoms with Crippen molar-refractivity contribution >= 4 is 11.6 Å². The summed E-state index contributed by atoms with van der Waals surface area (Å²) in [5.41, 5.74) is 13.6. The molecule has 0 aliphatic heterocycles. The highest BCUT2D eigenvalue weighted by molar-refractivity contribution is 5.80. The molecule has 0 N–H and O–H groups in total. The van der Waals surface area contributed by atoms with Gasteiger partial charge in [0.25, 0.3) is 0 Å². The van der Waals surface area contributed by atoms with Crippen LogP contribution in [0.25, 0.3) is 11.6 Å². The summed E-state index contributed by atoms with van der Waals surface area (Å²) in [6.07, 6.45) is 1.96. The van der Waals surface area contributed by atoms with Crippen LogP contribution in [0.4, 0.5) is 0 Å². The van der Waals surface area contributed by atoms with Gasteiger partial charge in [-0.25, -0.2) is 0 Å². The molecule has 0 nitrogen and oxygen atoms in total. The van der Waals surface area contributed by atoms with E-state index in [9.17, 15) is 0 Å². The van der Waals surface area contributed by atoms with Crippen LogP contribution in [0.2, 0.25) is 0 Å². The lowest BCUT2D eigenvalue weighted by atomic mass is 9.96. The number of hydrogen-bond donors (Lipinski definition) is 0. The summed E-state index contributed by atoms with van der Waals surface area (Å²) in [5, 5.41) is 0. The van der Waals surface area contributed by atoms with Gasteiger partial charge in [-0.2, -0.15) is 0 Å². The van der Waals surface area contributed by atoms with E-state index in [4.69, 9.17) is 0 Å². The Morgan fingerprint density at radius 1 is 0.708 bits per heavy atom. The summed E-state index contributed by atoms with van der Waals surface area (Å²) < 4.78 is 0. The van der Waals surface area contributed by atoms with Crippen LogP contribution in [-0.4, -0.2) is 0 Å². The van der Waals surface area contributed by atoms with Crippen LogP contribution in [0.5, 0.6) is 0 Å². The first kappa shape index (κ1) is 15.8. The average Bonchev–Trinajstić information content (AvgIpc) is 2.59. The maximum atomic E-state index is 3.37. The minimum atomic E-state index is 1.06. The molecule has 0 spiro atoms. The van der Waals surface area contributed by atoms with E-state index in [-0.39, 0.29) is 0 Å². The highest BCUT2D eigenvalue weighted by atomic mass is 14.1. The minimum absolute atomic E-state index is 1.06. The molecule has 0 aliphatic rings. The molecule has 0 heterocycles. The summed E-state index contributed by atoms with van der Waals surface area (Å²) in [4.78, 5) is 0. The fourth-order valence-electron chi connectivity index (χ4n) is 2.78. The Morgan fingerprint density at radius 2 is 1.29 bits per heavy atom. The van der Waals surface area contributed by atoms with E-state index in [0.717, 1.165) is 16.7 Å². The second-order valence-electron chi connectivity index (χ2n) is 5.94. The molecule has 116 valence electrons. The molecule has 0 saturated heterocycles. The first-order chi connectivity index (χ1) is 11.7. The smallest absolute Gasteiger partial charge is 0.0393 e. The van der Waals surface area contributed by atoms with Crippen LogP contribution in [0.3, 0.4) is 0 Å². The van der Waals surface area contributed by atoms with Gasteiger partial charge in [-0.05, 0) is 36.6 Å². The summed E-state index contributed by atoms with van der Waals surface area (Å²) >= 11 is 0. The highest BCUT2D eigenvalue weighted by Crippen LogP contribution is 2.24. The van der Waals surface area contributed by atoms with Crippen molar-refractivity contribution in [3.8, 4) is 0 Å². The molecule has 0 unspecified atom stereocenters. The quantitative estimate of drug-likeness (QED) is 0.505. The van der Waals surface area contributed by atoms with Crippen LogP contribution in [0.1, 0.15) is 27.8 Å². The minimum Gasteiger partial charge on any atom is -0.0689 e. The Hall–Kier alpha value is -3.04. The molecule has 0 bridgehead atoms. The van der Waals surface area contributed by atoms with Gasteiger partial charge < -0.3 is 0 Å². The molecule has 0 amide bonds. The van der Waals surface area contributed by atoms with E-state index in [1.165, 1.54) is 16.7 Å². The second-order valence-corrected chi connectivity index (χ2v) is 5.94. The van der Waals surface area contributed by atoms with Crippen molar-refractivity contribution in [1.82, 2.24) is 0 Å². The molecule has 24 heavy (non-hydrogen) atoms. The zero-order valence-corrected chi connectivity index (χ0v) is 14.1. The first-order valence-corrected chi connectivity index (χ1v) is 8.13. The fourth-order valence-corrected chi connectivity index (χ4v) is 2.78. The molecule has 3 aromatic rings. The van der Waals surface area contributed by atoms with Gasteiger partial charge in [0.2, 0.25) is 0 Å². The molecule has 0 saturated carbocycles. The van der Waals surface area contributed by atoms with Crippen LogP contribution < -0.4 is 0 Å². The highest BCUT2D eigenvalue weighted by Gasteiger charge is 2.05. The molecule has 0 aliphatic carbocycles. The van der Waals surface area contributed by atoms with Crippen LogP contribution in [0.15, 0.2) is 90.3 Å². The van der Waals surface area contributed by atoms with Crippen molar-refractivity contribution in [2.45, 2.75) is 13.8 Å². The van der Waals surface area contributed by atoms with Gasteiger partial charge in [0.1, 0.15) is 0 Å². The third-order valence-electron chi connectivity index (χ3n) is 3.81. The Kier molecular flexibility index (Phi) is 4.94. The van der Waals surface area contributed by atoms with Gasteiger partial charge >= 0.3 is 0 Å². The van der Waals surface area contributed by atoms with E-state index in [0.29, 0.717) is 0 Å². The van der Waals surface area contributed by atoms with Crippen molar-refractivity contribution in [2.24, 2.45) is 0 Å². The zero-order valence-electron chi connectivity index (χ0n) is 14.1. The maximum Gasteiger partial charge on any atom is 0.0393 e. The average molecular weight is 308 g/mol. The fraction of sp³-hybridized carbons (Fsp3) is 0.0833. The standard InChI is InChI=1S/C24H20/c1-19-16-20(2)18-23(17-19)24(22-13-7-4-8-14-22)15-9-12-21-10-5-3-6-11-21/h3-8,10-14,16-18H,1-2H3. The largest absolute Gasteiger partial charge is 0.0689 e. The van der Waals surface area contributed by atoms with Gasteiger partial charge in [-0.3, -0.25) is 0 Å². The molecular weight excluding hydrogens is 288 g/mol. The maximum absolute atomic E-state index is 3.37. The summed E-state index contributed by atoms with van der Waals surface area (Å²) in [5.74, 6) is 0.